The number of hydrogen-bond donors (Lipinski definition) is 1. The van der Waals surface area contributed by atoms with E-state index in [0.717, 1.165) is 16.7 Å². The highest BCUT2D eigenvalue weighted by Gasteiger charge is 2.20. The van der Waals surface area contributed by atoms with Crippen molar-refractivity contribution >= 4 is 5.97 Å². The van der Waals surface area contributed by atoms with Gasteiger partial charge in [-0.05, 0) is 43.7 Å². The first kappa shape index (κ1) is 16.9. The van der Waals surface area contributed by atoms with Crippen molar-refractivity contribution in [2.24, 2.45) is 0 Å². The van der Waals surface area contributed by atoms with Gasteiger partial charge in [0.2, 0.25) is 5.89 Å². The number of hydrogen-bond acceptors (Lipinski definition) is 6. The number of ether oxygens (including phenoxy) is 1. The zero-order chi connectivity index (χ0) is 17.8. The van der Waals surface area contributed by atoms with Gasteiger partial charge in [-0.25, -0.2) is 4.79 Å². The molecule has 1 aromatic heterocycles. The molecule has 0 saturated carbocycles. The molecule has 0 bridgehead atoms. The molecule has 1 atom stereocenters. The third kappa shape index (κ3) is 3.92. The van der Waals surface area contributed by atoms with Crippen molar-refractivity contribution in [3.8, 4) is 11.5 Å². The van der Waals surface area contributed by atoms with Crippen LogP contribution in [0.4, 0.5) is 0 Å². The summed E-state index contributed by atoms with van der Waals surface area (Å²) >= 11 is 0. The molecule has 6 nitrogen and oxygen atoms in total. The van der Waals surface area contributed by atoms with Crippen molar-refractivity contribution in [3.63, 3.8) is 0 Å². The minimum Gasteiger partial charge on any atom is -0.449 e. The summed E-state index contributed by atoms with van der Waals surface area (Å²) in [5.74, 6) is 0.119. The van der Waals surface area contributed by atoms with Crippen LogP contribution in [-0.4, -0.2) is 21.3 Å². The average molecular weight is 338 g/mol. The summed E-state index contributed by atoms with van der Waals surface area (Å²) in [6.07, 6.45) is -0.670. The van der Waals surface area contributed by atoms with Gasteiger partial charge in [0, 0.05) is 5.56 Å². The Morgan fingerprint density at radius 2 is 1.80 bits per heavy atom. The summed E-state index contributed by atoms with van der Waals surface area (Å²) in [4.78, 5) is 12.2. The lowest BCUT2D eigenvalue weighted by molar-refractivity contribution is 0.0280. The highest BCUT2D eigenvalue weighted by Crippen LogP contribution is 2.23. The van der Waals surface area contributed by atoms with E-state index in [9.17, 15) is 4.79 Å². The average Bonchev–Trinajstić information content (AvgIpc) is 3.12. The number of nitrogens with zero attached hydrogens (tertiary/aromatic N) is 2. The smallest absolute Gasteiger partial charge is 0.338 e. The molecule has 3 rings (SSSR count). The monoisotopic (exact) mass is 338 g/mol. The van der Waals surface area contributed by atoms with Crippen molar-refractivity contribution < 1.29 is 19.1 Å². The lowest BCUT2D eigenvalue weighted by Crippen LogP contribution is -2.09. The van der Waals surface area contributed by atoms with Crippen LogP contribution in [0.5, 0.6) is 0 Å². The van der Waals surface area contributed by atoms with E-state index < -0.39 is 12.1 Å². The Bertz CT molecular complexity index is 854. The molecule has 0 spiro atoms. The molecule has 2 aromatic carbocycles. The summed E-state index contributed by atoms with van der Waals surface area (Å²) in [5, 5.41) is 17.0. The maximum Gasteiger partial charge on any atom is 0.338 e. The van der Waals surface area contributed by atoms with E-state index in [2.05, 4.69) is 10.2 Å². The van der Waals surface area contributed by atoms with E-state index in [1.807, 2.05) is 31.2 Å². The Kier molecular flexibility index (Phi) is 4.90. The van der Waals surface area contributed by atoms with E-state index in [-0.39, 0.29) is 12.5 Å². The quantitative estimate of drug-likeness (QED) is 0.717. The molecule has 0 aliphatic heterocycles. The van der Waals surface area contributed by atoms with Gasteiger partial charge in [0.05, 0.1) is 12.2 Å². The Hall–Kier alpha value is -2.99. The lowest BCUT2D eigenvalue weighted by atomic mass is 10.1. The van der Waals surface area contributed by atoms with Gasteiger partial charge in [0.1, 0.15) is 0 Å². The number of aryl methyl sites for hydroxylation is 1. The predicted octanol–water partition coefficient (Wildman–Crippen LogP) is 3.46. The van der Waals surface area contributed by atoms with Gasteiger partial charge in [0.15, 0.2) is 6.10 Å². The predicted molar refractivity (Wildman–Crippen MR) is 90.7 cm³/mol. The number of aromatic nitrogens is 2. The number of esters is 1. The first-order valence-electron chi connectivity index (χ1n) is 7.88. The van der Waals surface area contributed by atoms with Crippen molar-refractivity contribution in [3.05, 3.63) is 71.1 Å². The van der Waals surface area contributed by atoms with Crippen LogP contribution in [0, 0.1) is 6.92 Å². The summed E-state index contributed by atoms with van der Waals surface area (Å²) in [6.45, 7) is 3.60. The minimum absolute atomic E-state index is 0.0739. The highest BCUT2D eigenvalue weighted by molar-refractivity contribution is 5.89. The molecule has 0 amide bonds. The van der Waals surface area contributed by atoms with Crippen molar-refractivity contribution in [1.82, 2.24) is 10.2 Å². The van der Waals surface area contributed by atoms with Crippen molar-refractivity contribution in [2.75, 3.05) is 0 Å². The molecular weight excluding hydrogens is 320 g/mol. The molecule has 1 N–H and O–H groups in total. The van der Waals surface area contributed by atoms with Gasteiger partial charge in [-0.15, -0.1) is 10.2 Å². The largest absolute Gasteiger partial charge is 0.449 e. The molecule has 0 fully saturated rings. The van der Waals surface area contributed by atoms with Gasteiger partial charge < -0.3 is 14.3 Å². The zero-order valence-corrected chi connectivity index (χ0v) is 14.0. The van der Waals surface area contributed by atoms with E-state index in [0.29, 0.717) is 11.5 Å². The molecule has 1 heterocycles. The molecule has 3 aromatic rings. The third-order valence-electron chi connectivity index (χ3n) is 3.74. The Balaban J connectivity index is 1.69. The van der Waals surface area contributed by atoms with Crippen molar-refractivity contribution in [1.29, 1.82) is 0 Å². The second-order valence-corrected chi connectivity index (χ2v) is 5.71. The third-order valence-corrected chi connectivity index (χ3v) is 3.74. The van der Waals surface area contributed by atoms with Crippen LogP contribution in [0.25, 0.3) is 11.5 Å². The lowest BCUT2D eigenvalue weighted by Gasteiger charge is -2.09. The summed E-state index contributed by atoms with van der Waals surface area (Å²) in [5.41, 5.74) is 3.06. The van der Waals surface area contributed by atoms with Gasteiger partial charge in [-0.2, -0.15) is 0 Å². The topological polar surface area (TPSA) is 85.5 Å². The van der Waals surface area contributed by atoms with E-state index in [1.165, 1.54) is 0 Å². The first-order chi connectivity index (χ1) is 12.1. The number of carbonyl (C=O) groups is 1. The second-order valence-electron chi connectivity index (χ2n) is 5.71. The van der Waals surface area contributed by atoms with E-state index >= 15 is 0 Å². The fourth-order valence-corrected chi connectivity index (χ4v) is 2.24. The van der Waals surface area contributed by atoms with Crippen LogP contribution in [0.15, 0.2) is 52.9 Å². The van der Waals surface area contributed by atoms with Crippen molar-refractivity contribution in [2.45, 2.75) is 26.6 Å². The van der Waals surface area contributed by atoms with Crippen LogP contribution >= 0.6 is 0 Å². The first-order valence-corrected chi connectivity index (χ1v) is 7.88. The summed E-state index contributed by atoms with van der Waals surface area (Å²) in [6, 6.07) is 14.3. The number of aliphatic hydroxyl groups is 1. The standard InChI is InChI=1S/C19H18N2O4/c1-12-3-7-15(8-4-12)18-21-20-17(25-18)13(2)24-19(23)16-9-5-14(11-22)6-10-16/h3-10,13,22H,11H2,1-2H3/t13-/m0/s1. The molecule has 0 saturated heterocycles. The molecular formula is C19H18N2O4. The molecule has 0 unspecified atom stereocenters. The number of benzene rings is 2. The Morgan fingerprint density at radius 3 is 2.44 bits per heavy atom. The SMILES string of the molecule is Cc1ccc(-c2nnc([C@H](C)OC(=O)c3ccc(CO)cc3)o2)cc1. The van der Waals surface area contributed by atoms with E-state index in [4.69, 9.17) is 14.3 Å². The van der Waals surface area contributed by atoms with E-state index in [1.54, 1.807) is 31.2 Å². The van der Waals surface area contributed by atoms with Gasteiger partial charge >= 0.3 is 5.97 Å². The molecule has 0 radical (unpaired) electrons. The van der Waals surface area contributed by atoms with Gasteiger partial charge in [0.25, 0.3) is 5.89 Å². The van der Waals surface area contributed by atoms with Crippen LogP contribution in [0.2, 0.25) is 0 Å². The number of rotatable bonds is 5. The van der Waals surface area contributed by atoms with Gasteiger partial charge in [-0.1, -0.05) is 29.8 Å². The molecule has 0 aliphatic carbocycles. The normalized spacial score (nSPS) is 12.0. The van der Waals surface area contributed by atoms with Crippen LogP contribution in [-0.2, 0) is 11.3 Å². The molecule has 128 valence electrons. The molecule has 25 heavy (non-hydrogen) atoms. The summed E-state index contributed by atoms with van der Waals surface area (Å²) < 4.78 is 11.0. The fraction of sp³-hybridized carbons (Fsp3) is 0.211. The van der Waals surface area contributed by atoms with Crippen LogP contribution < -0.4 is 0 Å². The Morgan fingerprint density at radius 1 is 1.12 bits per heavy atom. The molecule has 6 heteroatoms. The maximum atomic E-state index is 12.2. The highest BCUT2D eigenvalue weighted by atomic mass is 16.6. The summed E-state index contributed by atoms with van der Waals surface area (Å²) in [7, 11) is 0. The van der Waals surface area contributed by atoms with Crippen LogP contribution in [0.1, 0.15) is 40.4 Å². The Labute approximate surface area is 145 Å². The number of aliphatic hydroxyl groups excluding tert-OH is 1. The minimum atomic E-state index is -0.670. The van der Waals surface area contributed by atoms with Gasteiger partial charge in [-0.3, -0.25) is 0 Å². The zero-order valence-electron chi connectivity index (χ0n) is 14.0. The molecule has 0 aliphatic rings. The maximum absolute atomic E-state index is 12.2. The van der Waals surface area contributed by atoms with Crippen LogP contribution in [0.3, 0.4) is 0 Å². The second kappa shape index (κ2) is 7.27. The fourth-order valence-electron chi connectivity index (χ4n) is 2.24. The number of carbonyl (C=O) groups excluding carboxylic acids is 1.